The topological polar surface area (TPSA) is 53.5 Å². The lowest BCUT2D eigenvalue weighted by Crippen LogP contribution is -2.57. The van der Waals surface area contributed by atoms with Crippen LogP contribution < -0.4 is 0 Å². The molecule has 1 aliphatic heterocycles. The summed E-state index contributed by atoms with van der Waals surface area (Å²) in [6.07, 6.45) is 4.45. The molecule has 2 aromatic rings. The maximum absolute atomic E-state index is 13.0. The number of carbonyl (C=O) groups excluding carboxylic acids is 2. The van der Waals surface area contributed by atoms with E-state index < -0.39 is 0 Å². The van der Waals surface area contributed by atoms with Gasteiger partial charge in [0.15, 0.2) is 0 Å². The number of hydrogen-bond acceptors (Lipinski definition) is 4. The van der Waals surface area contributed by atoms with Gasteiger partial charge in [-0.15, -0.1) is 11.3 Å². The molecule has 0 saturated carbocycles. The first-order chi connectivity index (χ1) is 12.1. The predicted octanol–water partition coefficient (Wildman–Crippen LogP) is 3.28. The van der Waals surface area contributed by atoms with E-state index in [9.17, 15) is 9.59 Å². The van der Waals surface area contributed by atoms with Gasteiger partial charge < -0.3 is 9.80 Å². The Balaban J connectivity index is 1.79. The average Bonchev–Trinajstić information content (AvgIpc) is 3.17. The molecule has 25 heavy (non-hydrogen) atoms. The molecule has 3 rings (SSSR count). The summed E-state index contributed by atoms with van der Waals surface area (Å²) < 4.78 is 0. The highest BCUT2D eigenvalue weighted by Gasteiger charge is 2.35. The number of nitrogens with zero attached hydrogens (tertiary/aromatic N) is 3. The Kier molecular flexibility index (Phi) is 5.48. The molecule has 0 bridgehead atoms. The van der Waals surface area contributed by atoms with E-state index in [1.54, 1.807) is 27.3 Å². The Morgan fingerprint density at radius 2 is 2.04 bits per heavy atom. The minimum Gasteiger partial charge on any atom is -0.342 e. The number of carbonyl (C=O) groups is 2. The van der Waals surface area contributed by atoms with Crippen LogP contribution in [0.25, 0.3) is 10.6 Å². The lowest BCUT2D eigenvalue weighted by atomic mass is 10.0. The minimum absolute atomic E-state index is 0.0486. The van der Waals surface area contributed by atoms with Crippen LogP contribution in [0.4, 0.5) is 0 Å². The van der Waals surface area contributed by atoms with Crippen LogP contribution in [0.15, 0.2) is 35.8 Å². The molecule has 6 heteroatoms. The largest absolute Gasteiger partial charge is 0.342 e. The molecule has 2 amide bonds. The molecule has 1 atom stereocenters. The van der Waals surface area contributed by atoms with E-state index in [2.05, 4.69) is 11.9 Å². The summed E-state index contributed by atoms with van der Waals surface area (Å²) in [5, 5.41) is 2.87. The number of thiazole rings is 1. The molecule has 0 N–H and O–H groups in total. The number of benzene rings is 1. The van der Waals surface area contributed by atoms with Crippen LogP contribution in [-0.2, 0) is 4.79 Å². The van der Waals surface area contributed by atoms with Crippen molar-refractivity contribution in [1.29, 1.82) is 0 Å². The SMILES string of the molecule is CCCC[C@@H]1C(=O)N(C)CCN1C(=O)c1ccc(-c2nccs2)cc1. The zero-order valence-electron chi connectivity index (χ0n) is 14.6. The van der Waals surface area contributed by atoms with E-state index in [1.165, 1.54) is 0 Å². The molecule has 0 spiro atoms. The van der Waals surface area contributed by atoms with E-state index in [0.717, 1.165) is 29.8 Å². The maximum Gasteiger partial charge on any atom is 0.254 e. The van der Waals surface area contributed by atoms with Gasteiger partial charge in [-0.3, -0.25) is 9.59 Å². The Morgan fingerprint density at radius 1 is 1.28 bits per heavy atom. The molecule has 0 radical (unpaired) electrons. The number of unbranched alkanes of at least 4 members (excludes halogenated alkanes) is 1. The highest BCUT2D eigenvalue weighted by molar-refractivity contribution is 7.13. The quantitative estimate of drug-likeness (QED) is 0.825. The Hall–Kier alpha value is -2.21. The van der Waals surface area contributed by atoms with Gasteiger partial charge >= 0.3 is 0 Å². The van der Waals surface area contributed by atoms with Crippen LogP contribution >= 0.6 is 11.3 Å². The van der Waals surface area contributed by atoms with E-state index in [-0.39, 0.29) is 17.9 Å². The highest BCUT2D eigenvalue weighted by Crippen LogP contribution is 2.24. The van der Waals surface area contributed by atoms with Crippen molar-refractivity contribution >= 4 is 23.2 Å². The number of amides is 2. The summed E-state index contributed by atoms with van der Waals surface area (Å²) in [5.41, 5.74) is 1.63. The van der Waals surface area contributed by atoms with Crippen molar-refractivity contribution in [1.82, 2.24) is 14.8 Å². The normalized spacial score (nSPS) is 17.8. The first kappa shape index (κ1) is 17.6. The van der Waals surface area contributed by atoms with Crippen LogP contribution in [0.5, 0.6) is 0 Å². The van der Waals surface area contributed by atoms with Gasteiger partial charge in [-0.05, 0) is 18.6 Å². The van der Waals surface area contributed by atoms with Crippen LogP contribution in [0, 0.1) is 0 Å². The minimum atomic E-state index is -0.343. The summed E-state index contributed by atoms with van der Waals surface area (Å²) in [6, 6.07) is 7.16. The highest BCUT2D eigenvalue weighted by atomic mass is 32.1. The summed E-state index contributed by atoms with van der Waals surface area (Å²) in [6.45, 7) is 3.27. The predicted molar refractivity (Wildman–Crippen MR) is 99.5 cm³/mol. The van der Waals surface area contributed by atoms with E-state index >= 15 is 0 Å². The zero-order chi connectivity index (χ0) is 17.8. The van der Waals surface area contributed by atoms with Gasteiger partial charge in [-0.2, -0.15) is 0 Å². The standard InChI is InChI=1S/C19H23N3O2S/c1-3-4-5-16-19(24)21(2)11-12-22(16)18(23)15-8-6-14(7-9-15)17-20-10-13-25-17/h6-10,13,16H,3-5,11-12H2,1-2H3/t16-/m1/s1. The first-order valence-corrected chi connectivity index (χ1v) is 9.55. The van der Waals surface area contributed by atoms with Crippen molar-refractivity contribution in [3.8, 4) is 10.6 Å². The Morgan fingerprint density at radius 3 is 2.68 bits per heavy atom. The van der Waals surface area contributed by atoms with Gasteiger partial charge in [0.1, 0.15) is 11.0 Å². The molecule has 2 heterocycles. The second kappa shape index (κ2) is 7.78. The summed E-state index contributed by atoms with van der Waals surface area (Å²) >= 11 is 1.57. The third kappa shape index (κ3) is 3.74. The molecular formula is C19H23N3O2S. The second-order valence-corrected chi connectivity index (χ2v) is 7.23. The van der Waals surface area contributed by atoms with E-state index in [1.807, 2.05) is 36.7 Å². The molecule has 1 aromatic carbocycles. The third-order valence-electron chi connectivity index (χ3n) is 4.62. The van der Waals surface area contributed by atoms with Crippen molar-refractivity contribution in [2.24, 2.45) is 0 Å². The monoisotopic (exact) mass is 357 g/mol. The van der Waals surface area contributed by atoms with Gasteiger partial charge in [0, 0.05) is 42.8 Å². The van der Waals surface area contributed by atoms with Crippen molar-refractivity contribution < 1.29 is 9.59 Å². The molecule has 0 aliphatic carbocycles. The van der Waals surface area contributed by atoms with E-state index in [0.29, 0.717) is 18.7 Å². The molecule has 5 nitrogen and oxygen atoms in total. The lowest BCUT2D eigenvalue weighted by molar-refractivity contribution is -0.138. The van der Waals surface area contributed by atoms with Crippen molar-refractivity contribution in [3.63, 3.8) is 0 Å². The van der Waals surface area contributed by atoms with Gasteiger partial charge in [-0.1, -0.05) is 31.9 Å². The maximum atomic E-state index is 13.0. The zero-order valence-corrected chi connectivity index (χ0v) is 15.5. The molecular weight excluding hydrogens is 334 g/mol. The fraction of sp³-hybridized carbons (Fsp3) is 0.421. The number of piperazine rings is 1. The number of hydrogen-bond donors (Lipinski definition) is 0. The molecule has 1 aliphatic rings. The van der Waals surface area contributed by atoms with Crippen LogP contribution in [0.2, 0.25) is 0 Å². The smallest absolute Gasteiger partial charge is 0.254 e. The van der Waals surface area contributed by atoms with Crippen LogP contribution in [-0.4, -0.2) is 52.8 Å². The Bertz CT molecular complexity index is 728. The van der Waals surface area contributed by atoms with Gasteiger partial charge in [-0.25, -0.2) is 4.98 Å². The fourth-order valence-corrected chi connectivity index (χ4v) is 3.76. The molecule has 1 saturated heterocycles. The lowest BCUT2D eigenvalue weighted by Gasteiger charge is -2.39. The molecule has 0 unspecified atom stereocenters. The second-order valence-electron chi connectivity index (χ2n) is 6.33. The molecule has 132 valence electrons. The summed E-state index contributed by atoms with van der Waals surface area (Å²) in [5.74, 6) is -0.0132. The van der Waals surface area contributed by atoms with Gasteiger partial charge in [0.2, 0.25) is 5.91 Å². The number of aromatic nitrogens is 1. The van der Waals surface area contributed by atoms with Crippen molar-refractivity contribution in [3.05, 3.63) is 41.4 Å². The fourth-order valence-electron chi connectivity index (χ4n) is 3.12. The third-order valence-corrected chi connectivity index (χ3v) is 5.44. The van der Waals surface area contributed by atoms with Crippen molar-refractivity contribution in [2.75, 3.05) is 20.1 Å². The average molecular weight is 357 g/mol. The van der Waals surface area contributed by atoms with Crippen molar-refractivity contribution in [2.45, 2.75) is 32.2 Å². The first-order valence-electron chi connectivity index (χ1n) is 8.67. The molecule has 1 aromatic heterocycles. The number of likely N-dealkylation sites (N-methyl/N-ethyl adjacent to an activating group) is 1. The van der Waals surface area contributed by atoms with Crippen LogP contribution in [0.1, 0.15) is 36.5 Å². The Labute approximate surface area is 152 Å². The summed E-state index contributed by atoms with van der Waals surface area (Å²) in [4.78, 5) is 33.2. The summed E-state index contributed by atoms with van der Waals surface area (Å²) in [7, 11) is 1.81. The molecule has 1 fully saturated rings. The number of rotatable bonds is 5. The van der Waals surface area contributed by atoms with E-state index in [4.69, 9.17) is 0 Å². The van der Waals surface area contributed by atoms with Crippen LogP contribution in [0.3, 0.4) is 0 Å². The van der Waals surface area contributed by atoms with Gasteiger partial charge in [0.25, 0.3) is 5.91 Å². The van der Waals surface area contributed by atoms with Gasteiger partial charge in [0.05, 0.1) is 0 Å².